The molecule has 1 heterocycles. The highest BCUT2D eigenvalue weighted by Crippen LogP contribution is 1.92. The molecule has 0 saturated heterocycles. The van der Waals surface area contributed by atoms with Gasteiger partial charge in [-0.3, -0.25) is 4.98 Å². The van der Waals surface area contributed by atoms with Gasteiger partial charge in [0.1, 0.15) is 0 Å². The van der Waals surface area contributed by atoms with Gasteiger partial charge >= 0.3 is 0 Å². The molecule has 1 aromatic rings. The molecule has 1 unspecified atom stereocenters. The summed E-state index contributed by atoms with van der Waals surface area (Å²) in [5, 5.41) is 3.17. The first-order valence-corrected chi connectivity index (χ1v) is 7.05. The van der Waals surface area contributed by atoms with E-state index in [0.29, 0.717) is 6.04 Å². The molecule has 106 valence electrons. The number of hydrogen-bond acceptors (Lipinski definition) is 3. The van der Waals surface area contributed by atoms with Crippen molar-refractivity contribution in [2.75, 3.05) is 13.6 Å². The molecule has 3 N–H and O–H groups in total. The number of pyridine rings is 1. The van der Waals surface area contributed by atoms with E-state index in [1.165, 1.54) is 6.42 Å². The second-order valence-corrected chi connectivity index (χ2v) is 3.65. The minimum Gasteiger partial charge on any atom is -0.330 e. The fraction of sp³-hybridized carbons (Fsp3) is 0.667. The van der Waals surface area contributed by atoms with E-state index in [-0.39, 0.29) is 0 Å². The zero-order valence-corrected chi connectivity index (χ0v) is 12.7. The maximum Gasteiger partial charge on any atom is 0.0400 e. The Kier molecular flexibility index (Phi) is 17.3. The molecular formula is C15H31N3. The van der Waals surface area contributed by atoms with E-state index in [9.17, 15) is 0 Å². The number of aromatic nitrogens is 1. The molecule has 0 aliphatic heterocycles. The average molecular weight is 253 g/mol. The van der Waals surface area contributed by atoms with Crippen LogP contribution in [0.3, 0.4) is 0 Å². The Hall–Kier alpha value is -0.930. The van der Waals surface area contributed by atoms with Crippen LogP contribution in [-0.2, 0) is 6.42 Å². The van der Waals surface area contributed by atoms with Gasteiger partial charge in [-0.05, 0) is 45.0 Å². The molecule has 0 saturated carbocycles. The van der Waals surface area contributed by atoms with Gasteiger partial charge in [0, 0.05) is 17.9 Å². The predicted octanol–water partition coefficient (Wildman–Crippen LogP) is 3.00. The van der Waals surface area contributed by atoms with Gasteiger partial charge in [-0.1, -0.05) is 33.8 Å². The van der Waals surface area contributed by atoms with Crippen LogP contribution < -0.4 is 11.1 Å². The zero-order valence-electron chi connectivity index (χ0n) is 12.7. The first-order valence-electron chi connectivity index (χ1n) is 7.05. The first-order chi connectivity index (χ1) is 8.78. The Bertz CT molecular complexity index is 233. The van der Waals surface area contributed by atoms with E-state index in [1.54, 1.807) is 0 Å². The molecule has 0 amide bonds. The summed E-state index contributed by atoms with van der Waals surface area (Å²) in [6.07, 6.45) is 5.11. The van der Waals surface area contributed by atoms with Crippen LogP contribution in [0.1, 0.15) is 46.2 Å². The lowest BCUT2D eigenvalue weighted by Crippen LogP contribution is -2.26. The lowest BCUT2D eigenvalue weighted by molar-refractivity contribution is 0.515. The highest BCUT2D eigenvalue weighted by atomic mass is 14.9. The van der Waals surface area contributed by atoms with Crippen molar-refractivity contribution in [3.63, 3.8) is 0 Å². The highest BCUT2D eigenvalue weighted by molar-refractivity contribution is 5.02. The SMILES string of the molecule is CC.CCC(CCN)NC.CCc1ccccn1. The molecule has 18 heavy (non-hydrogen) atoms. The summed E-state index contributed by atoms with van der Waals surface area (Å²) < 4.78 is 0. The molecule has 1 atom stereocenters. The molecule has 0 aliphatic rings. The van der Waals surface area contributed by atoms with E-state index in [1.807, 2.05) is 45.3 Å². The molecule has 0 fully saturated rings. The van der Waals surface area contributed by atoms with Crippen molar-refractivity contribution in [2.45, 2.75) is 53.0 Å². The van der Waals surface area contributed by atoms with Crippen LogP contribution in [-0.4, -0.2) is 24.6 Å². The number of nitrogens with two attached hydrogens (primary N) is 1. The third-order valence-electron chi connectivity index (χ3n) is 2.50. The maximum atomic E-state index is 5.34. The van der Waals surface area contributed by atoms with Crippen molar-refractivity contribution in [2.24, 2.45) is 5.73 Å². The molecule has 1 aromatic heterocycles. The monoisotopic (exact) mass is 253 g/mol. The lowest BCUT2D eigenvalue weighted by atomic mass is 10.1. The molecule has 0 radical (unpaired) electrons. The van der Waals surface area contributed by atoms with Crippen molar-refractivity contribution in [3.05, 3.63) is 30.1 Å². The van der Waals surface area contributed by atoms with Crippen molar-refractivity contribution >= 4 is 0 Å². The van der Waals surface area contributed by atoms with Crippen LogP contribution >= 0.6 is 0 Å². The minimum absolute atomic E-state index is 0.625. The van der Waals surface area contributed by atoms with Crippen LogP contribution in [0.2, 0.25) is 0 Å². The number of rotatable bonds is 5. The second kappa shape index (κ2) is 16.1. The molecule has 1 rings (SSSR count). The highest BCUT2D eigenvalue weighted by Gasteiger charge is 1.97. The standard InChI is InChI=1S/C7H9N.C6H16N2.C2H6/c1-2-7-5-3-4-6-8-7;1-3-6(8-2)4-5-7;1-2/h3-6H,2H2,1H3;6,8H,3-5,7H2,1-2H3;1-2H3. The van der Waals surface area contributed by atoms with Crippen molar-refractivity contribution in [3.8, 4) is 0 Å². The van der Waals surface area contributed by atoms with Gasteiger partial charge in [0.05, 0.1) is 0 Å². The zero-order chi connectivity index (χ0) is 14.2. The Morgan fingerprint density at radius 1 is 1.28 bits per heavy atom. The molecule has 0 spiro atoms. The number of aryl methyl sites for hydroxylation is 1. The van der Waals surface area contributed by atoms with Crippen LogP contribution in [0.4, 0.5) is 0 Å². The van der Waals surface area contributed by atoms with Crippen molar-refractivity contribution in [1.82, 2.24) is 10.3 Å². The summed E-state index contributed by atoms with van der Waals surface area (Å²) >= 11 is 0. The molecule has 3 heteroatoms. The van der Waals surface area contributed by atoms with E-state index in [0.717, 1.165) is 25.1 Å². The third-order valence-corrected chi connectivity index (χ3v) is 2.50. The van der Waals surface area contributed by atoms with Crippen molar-refractivity contribution < 1.29 is 0 Å². The fourth-order valence-corrected chi connectivity index (χ4v) is 1.36. The molecule has 0 aliphatic carbocycles. The maximum absolute atomic E-state index is 5.34. The minimum atomic E-state index is 0.625. The quantitative estimate of drug-likeness (QED) is 0.848. The van der Waals surface area contributed by atoms with Gasteiger partial charge in [-0.15, -0.1) is 0 Å². The number of hydrogen-bond donors (Lipinski definition) is 2. The van der Waals surface area contributed by atoms with Crippen molar-refractivity contribution in [1.29, 1.82) is 0 Å². The van der Waals surface area contributed by atoms with Crippen LogP contribution in [0.15, 0.2) is 24.4 Å². The normalized spacial score (nSPS) is 10.6. The predicted molar refractivity (Wildman–Crippen MR) is 81.8 cm³/mol. The molecular weight excluding hydrogens is 222 g/mol. The molecule has 0 bridgehead atoms. The van der Waals surface area contributed by atoms with E-state index in [4.69, 9.17) is 5.73 Å². The summed E-state index contributed by atoms with van der Waals surface area (Å²) in [6, 6.07) is 6.59. The van der Waals surface area contributed by atoms with Gasteiger partial charge < -0.3 is 11.1 Å². The van der Waals surface area contributed by atoms with E-state index < -0.39 is 0 Å². The summed E-state index contributed by atoms with van der Waals surface area (Å²) in [5.41, 5.74) is 6.50. The van der Waals surface area contributed by atoms with Crippen LogP contribution in [0.5, 0.6) is 0 Å². The lowest BCUT2D eigenvalue weighted by Gasteiger charge is -2.10. The second-order valence-electron chi connectivity index (χ2n) is 3.65. The van der Waals surface area contributed by atoms with Gasteiger partial charge in [0.15, 0.2) is 0 Å². The smallest absolute Gasteiger partial charge is 0.0400 e. The van der Waals surface area contributed by atoms with E-state index >= 15 is 0 Å². The fourth-order valence-electron chi connectivity index (χ4n) is 1.36. The Balaban J connectivity index is 0. The van der Waals surface area contributed by atoms with Gasteiger partial charge in [0.2, 0.25) is 0 Å². The van der Waals surface area contributed by atoms with Crippen LogP contribution in [0.25, 0.3) is 0 Å². The number of nitrogens with one attached hydrogen (secondary N) is 1. The topological polar surface area (TPSA) is 50.9 Å². The Morgan fingerprint density at radius 3 is 2.17 bits per heavy atom. The Morgan fingerprint density at radius 2 is 1.94 bits per heavy atom. The summed E-state index contributed by atoms with van der Waals surface area (Å²) in [6.45, 7) is 9.05. The summed E-state index contributed by atoms with van der Waals surface area (Å²) in [5.74, 6) is 0. The first kappa shape index (κ1) is 19.4. The van der Waals surface area contributed by atoms with Crippen LogP contribution in [0, 0.1) is 0 Å². The van der Waals surface area contributed by atoms with Gasteiger partial charge in [-0.2, -0.15) is 0 Å². The molecule has 0 aromatic carbocycles. The summed E-state index contributed by atoms with van der Waals surface area (Å²) in [4.78, 5) is 4.10. The average Bonchev–Trinajstić information content (AvgIpc) is 2.48. The molecule has 3 nitrogen and oxygen atoms in total. The van der Waals surface area contributed by atoms with E-state index in [2.05, 4.69) is 24.1 Å². The van der Waals surface area contributed by atoms with Gasteiger partial charge in [-0.25, -0.2) is 0 Å². The Labute approximate surface area is 113 Å². The largest absolute Gasteiger partial charge is 0.330 e. The number of nitrogens with zero attached hydrogens (tertiary/aromatic N) is 1. The third kappa shape index (κ3) is 11.6. The summed E-state index contributed by atoms with van der Waals surface area (Å²) in [7, 11) is 1.98. The van der Waals surface area contributed by atoms with Gasteiger partial charge in [0.25, 0.3) is 0 Å².